The first kappa shape index (κ1) is 18.4. The molecule has 0 atom stereocenters. The van der Waals surface area contributed by atoms with Crippen molar-refractivity contribution in [3.8, 4) is 0 Å². The molecule has 0 N–H and O–H groups in total. The maximum Gasteiger partial charge on any atom is 0.280 e. The van der Waals surface area contributed by atoms with Gasteiger partial charge in [0.15, 0.2) is 10.8 Å². The Hall–Kier alpha value is -2.00. The largest absolute Gasteiger partial charge is 0.379 e. The maximum atomic E-state index is 13.1. The molecule has 1 aliphatic heterocycles. The molecule has 0 saturated carbocycles. The molecule has 142 valence electrons. The van der Waals surface area contributed by atoms with E-state index in [1.807, 2.05) is 18.2 Å². The van der Waals surface area contributed by atoms with Gasteiger partial charge in [0.1, 0.15) is 5.52 Å². The third-order valence-electron chi connectivity index (χ3n) is 4.51. The number of aromatic nitrogens is 3. The summed E-state index contributed by atoms with van der Waals surface area (Å²) >= 11 is 7.74. The van der Waals surface area contributed by atoms with Gasteiger partial charge < -0.3 is 4.74 Å². The average Bonchev–Trinajstić information content (AvgIpc) is 3.30. The molecule has 3 heterocycles. The number of morpholine rings is 1. The highest BCUT2D eigenvalue weighted by molar-refractivity contribution is 7.22. The molecule has 27 heavy (non-hydrogen) atoms. The molecule has 0 unspecified atom stereocenters. The Morgan fingerprint density at radius 2 is 2.15 bits per heavy atom. The molecule has 0 radical (unpaired) electrons. The summed E-state index contributed by atoms with van der Waals surface area (Å²) in [5, 5.41) is 5.50. The van der Waals surface area contributed by atoms with Crippen LogP contribution in [0.4, 0.5) is 5.13 Å². The van der Waals surface area contributed by atoms with E-state index in [9.17, 15) is 4.79 Å². The minimum atomic E-state index is -0.154. The quantitative estimate of drug-likeness (QED) is 0.653. The highest BCUT2D eigenvalue weighted by atomic mass is 35.5. The summed E-state index contributed by atoms with van der Waals surface area (Å²) in [4.78, 5) is 21.8. The molecule has 4 rings (SSSR count). The summed E-state index contributed by atoms with van der Waals surface area (Å²) < 4.78 is 7.99. The fraction of sp³-hybridized carbons (Fsp3) is 0.389. The van der Waals surface area contributed by atoms with Crippen molar-refractivity contribution in [3.63, 3.8) is 0 Å². The molecule has 9 heteroatoms. The van der Waals surface area contributed by atoms with Gasteiger partial charge in [-0.05, 0) is 18.2 Å². The number of rotatable bonds is 5. The monoisotopic (exact) mass is 405 g/mol. The molecule has 0 spiro atoms. The van der Waals surface area contributed by atoms with Crippen LogP contribution in [0.3, 0.4) is 0 Å². The van der Waals surface area contributed by atoms with E-state index in [2.05, 4.69) is 15.0 Å². The van der Waals surface area contributed by atoms with Crippen LogP contribution in [-0.2, 0) is 11.8 Å². The van der Waals surface area contributed by atoms with Crippen molar-refractivity contribution in [2.75, 3.05) is 44.3 Å². The molecular formula is C18H20ClN5O2S. The molecule has 0 aliphatic carbocycles. The third-order valence-corrected chi connectivity index (χ3v) is 5.86. The number of benzene rings is 1. The van der Waals surface area contributed by atoms with Crippen LogP contribution in [-0.4, -0.2) is 65.0 Å². The van der Waals surface area contributed by atoms with Crippen LogP contribution < -0.4 is 4.90 Å². The summed E-state index contributed by atoms with van der Waals surface area (Å²) in [5.41, 5.74) is 1.13. The fourth-order valence-corrected chi connectivity index (χ4v) is 4.33. The Morgan fingerprint density at radius 3 is 2.85 bits per heavy atom. The number of hydrogen-bond donors (Lipinski definition) is 0. The molecule has 1 aromatic carbocycles. The van der Waals surface area contributed by atoms with Crippen LogP contribution in [0.5, 0.6) is 0 Å². The van der Waals surface area contributed by atoms with Gasteiger partial charge in [-0.3, -0.25) is 19.3 Å². The summed E-state index contributed by atoms with van der Waals surface area (Å²) in [7, 11) is 1.80. The SMILES string of the molecule is Cn1ccc(C(=O)N(CCN2CCOCC2)c2nc3c(Cl)cccc3s2)n1. The number of thiazole rings is 1. The van der Waals surface area contributed by atoms with Crippen molar-refractivity contribution in [1.82, 2.24) is 19.7 Å². The lowest BCUT2D eigenvalue weighted by molar-refractivity contribution is 0.0391. The van der Waals surface area contributed by atoms with Crippen molar-refractivity contribution in [2.24, 2.45) is 7.05 Å². The minimum Gasteiger partial charge on any atom is -0.379 e. The number of carbonyl (C=O) groups is 1. The number of carbonyl (C=O) groups excluding carboxylic acids is 1. The van der Waals surface area contributed by atoms with Crippen molar-refractivity contribution < 1.29 is 9.53 Å². The zero-order valence-electron chi connectivity index (χ0n) is 15.0. The molecule has 0 bridgehead atoms. The van der Waals surface area contributed by atoms with E-state index < -0.39 is 0 Å². The molecule has 1 amide bonds. The Balaban J connectivity index is 1.63. The topological polar surface area (TPSA) is 63.5 Å². The molecule has 3 aromatic rings. The molecular weight excluding hydrogens is 386 g/mol. The van der Waals surface area contributed by atoms with E-state index in [0.717, 1.165) is 43.1 Å². The normalized spacial score (nSPS) is 15.3. The first-order chi connectivity index (χ1) is 13.1. The second-order valence-corrected chi connectivity index (χ2v) is 7.78. The van der Waals surface area contributed by atoms with Crippen molar-refractivity contribution in [2.45, 2.75) is 0 Å². The lowest BCUT2D eigenvalue weighted by atomic mass is 10.3. The first-order valence-corrected chi connectivity index (χ1v) is 9.98. The number of aryl methyl sites for hydroxylation is 1. The van der Waals surface area contributed by atoms with Gasteiger partial charge in [0.05, 0.1) is 22.9 Å². The Labute approximate surface area is 166 Å². The van der Waals surface area contributed by atoms with Crippen molar-refractivity contribution in [3.05, 3.63) is 41.2 Å². The van der Waals surface area contributed by atoms with E-state index >= 15 is 0 Å². The molecule has 7 nitrogen and oxygen atoms in total. The summed E-state index contributed by atoms with van der Waals surface area (Å²) in [6.45, 7) is 4.49. The Kier molecular flexibility index (Phi) is 5.40. The number of para-hydroxylation sites is 1. The number of ether oxygens (including phenoxy) is 1. The van der Waals surface area contributed by atoms with Gasteiger partial charge in [0.25, 0.3) is 5.91 Å². The Bertz CT molecular complexity index is 950. The van der Waals surface area contributed by atoms with Gasteiger partial charge in [-0.2, -0.15) is 5.10 Å². The summed E-state index contributed by atoms with van der Waals surface area (Å²) in [5.74, 6) is -0.154. The van der Waals surface area contributed by atoms with Gasteiger partial charge in [-0.15, -0.1) is 0 Å². The van der Waals surface area contributed by atoms with Gasteiger partial charge in [-0.1, -0.05) is 29.0 Å². The number of anilines is 1. The number of halogens is 1. The second kappa shape index (κ2) is 7.93. The fourth-order valence-electron chi connectivity index (χ4n) is 3.04. The van der Waals surface area contributed by atoms with Crippen LogP contribution in [0, 0.1) is 0 Å². The predicted octanol–water partition coefficient (Wildman–Crippen LogP) is 2.66. The van der Waals surface area contributed by atoms with Crippen LogP contribution in [0.2, 0.25) is 5.02 Å². The highest BCUT2D eigenvalue weighted by Gasteiger charge is 2.24. The number of hydrogen-bond acceptors (Lipinski definition) is 6. The number of amides is 1. The van der Waals surface area contributed by atoms with Gasteiger partial charge in [0.2, 0.25) is 0 Å². The predicted molar refractivity (Wildman–Crippen MR) is 107 cm³/mol. The van der Waals surface area contributed by atoms with Gasteiger partial charge in [0, 0.05) is 39.4 Å². The highest BCUT2D eigenvalue weighted by Crippen LogP contribution is 2.33. The number of fused-ring (bicyclic) bond motifs is 1. The smallest absolute Gasteiger partial charge is 0.280 e. The van der Waals surface area contributed by atoms with E-state index in [1.54, 1.807) is 28.9 Å². The molecule has 1 fully saturated rings. The standard InChI is InChI=1S/C18H20ClN5O2S/c1-22-6-5-14(21-22)17(25)24(8-7-23-9-11-26-12-10-23)18-20-16-13(19)3-2-4-15(16)27-18/h2-6H,7-12H2,1H3. The minimum absolute atomic E-state index is 0.154. The van der Waals surface area contributed by atoms with E-state index in [4.69, 9.17) is 16.3 Å². The second-order valence-electron chi connectivity index (χ2n) is 6.37. The summed E-state index contributed by atoms with van der Waals surface area (Å²) in [6.07, 6.45) is 1.77. The summed E-state index contributed by atoms with van der Waals surface area (Å²) in [6, 6.07) is 7.40. The maximum absolute atomic E-state index is 13.1. The third kappa shape index (κ3) is 3.98. The molecule has 1 saturated heterocycles. The van der Waals surface area contributed by atoms with E-state index in [-0.39, 0.29) is 5.91 Å². The zero-order chi connectivity index (χ0) is 18.8. The van der Waals surface area contributed by atoms with E-state index in [0.29, 0.717) is 22.4 Å². The van der Waals surface area contributed by atoms with Crippen LogP contribution in [0.15, 0.2) is 30.5 Å². The average molecular weight is 406 g/mol. The van der Waals surface area contributed by atoms with Crippen molar-refractivity contribution in [1.29, 1.82) is 0 Å². The van der Waals surface area contributed by atoms with Crippen molar-refractivity contribution >= 4 is 44.2 Å². The number of nitrogens with zero attached hydrogens (tertiary/aromatic N) is 5. The van der Waals surface area contributed by atoms with E-state index in [1.165, 1.54) is 11.3 Å². The lowest BCUT2D eigenvalue weighted by Gasteiger charge is -2.29. The van der Waals surface area contributed by atoms with Crippen LogP contribution >= 0.6 is 22.9 Å². The first-order valence-electron chi connectivity index (χ1n) is 8.78. The molecule has 1 aliphatic rings. The molecule has 2 aromatic heterocycles. The zero-order valence-corrected chi connectivity index (χ0v) is 16.5. The Morgan fingerprint density at radius 1 is 1.33 bits per heavy atom. The lowest BCUT2D eigenvalue weighted by Crippen LogP contribution is -2.43. The van der Waals surface area contributed by atoms with Gasteiger partial charge >= 0.3 is 0 Å². The van der Waals surface area contributed by atoms with Crippen LogP contribution in [0.25, 0.3) is 10.2 Å². The van der Waals surface area contributed by atoms with Gasteiger partial charge in [-0.25, -0.2) is 4.98 Å². The van der Waals surface area contributed by atoms with Crippen LogP contribution in [0.1, 0.15) is 10.5 Å².